The molecule has 0 aromatic heterocycles. The van der Waals surface area contributed by atoms with Crippen molar-refractivity contribution in [2.75, 3.05) is 18.0 Å². The molecule has 4 heteroatoms. The van der Waals surface area contributed by atoms with Gasteiger partial charge in [0.1, 0.15) is 0 Å². The van der Waals surface area contributed by atoms with Crippen molar-refractivity contribution in [1.29, 1.82) is 0 Å². The first-order chi connectivity index (χ1) is 9.22. The van der Waals surface area contributed by atoms with Crippen LogP contribution in [0.25, 0.3) is 0 Å². The Morgan fingerprint density at radius 1 is 1.05 bits per heavy atom. The fourth-order valence-corrected chi connectivity index (χ4v) is 2.64. The number of azo groups is 1. The maximum absolute atomic E-state index is 11.9. The molecule has 1 aromatic carbocycles. The van der Waals surface area contributed by atoms with E-state index in [1.54, 1.807) is 0 Å². The highest BCUT2D eigenvalue weighted by atomic mass is 16.2. The number of nitrogens with zero attached hydrogens (tertiary/aromatic N) is 3. The van der Waals surface area contributed by atoms with E-state index in [-0.39, 0.29) is 5.91 Å². The summed E-state index contributed by atoms with van der Waals surface area (Å²) in [4.78, 5) is 14.2. The Kier molecular flexibility index (Phi) is 4.30. The number of amides is 1. The minimum atomic E-state index is -0.193. The summed E-state index contributed by atoms with van der Waals surface area (Å²) < 4.78 is 0. The van der Waals surface area contributed by atoms with E-state index in [9.17, 15) is 4.79 Å². The number of hydrogen-bond acceptors (Lipinski definition) is 3. The van der Waals surface area contributed by atoms with Gasteiger partial charge in [-0.05, 0) is 37.0 Å². The summed E-state index contributed by atoms with van der Waals surface area (Å²) in [6.45, 7) is 8.47. The smallest absolute Gasteiger partial charge is 0.298 e. The van der Waals surface area contributed by atoms with Crippen molar-refractivity contribution >= 4 is 17.3 Å². The molecule has 0 fully saturated rings. The molecule has 1 aliphatic heterocycles. The lowest BCUT2D eigenvalue weighted by Crippen LogP contribution is -2.26. The summed E-state index contributed by atoms with van der Waals surface area (Å²) in [5, 5.41) is 7.61. The maximum atomic E-state index is 11.9. The van der Waals surface area contributed by atoms with Crippen LogP contribution in [-0.2, 0) is 6.42 Å². The summed E-state index contributed by atoms with van der Waals surface area (Å²) >= 11 is 0. The molecular formula is C15H21N3O. The summed E-state index contributed by atoms with van der Waals surface area (Å²) in [7, 11) is 0. The SMILES string of the molecule is CCCN(CCC)c1ccc2c(c1CC)C(=O)N=N2. The predicted molar refractivity (Wildman–Crippen MR) is 77.5 cm³/mol. The molecular weight excluding hydrogens is 238 g/mol. The lowest BCUT2D eigenvalue weighted by Gasteiger charge is -2.27. The van der Waals surface area contributed by atoms with Crippen molar-refractivity contribution in [3.63, 3.8) is 0 Å². The molecule has 0 bridgehead atoms. The van der Waals surface area contributed by atoms with E-state index in [2.05, 4.69) is 42.0 Å². The average molecular weight is 259 g/mol. The van der Waals surface area contributed by atoms with Crippen molar-refractivity contribution in [2.24, 2.45) is 10.2 Å². The third-order valence-corrected chi connectivity index (χ3v) is 3.41. The first-order valence-corrected chi connectivity index (χ1v) is 7.09. The van der Waals surface area contributed by atoms with Gasteiger partial charge in [0.15, 0.2) is 0 Å². The molecule has 19 heavy (non-hydrogen) atoms. The summed E-state index contributed by atoms with van der Waals surface area (Å²) in [6, 6.07) is 4.00. The lowest BCUT2D eigenvalue weighted by molar-refractivity contribution is 0.100. The number of fused-ring (bicyclic) bond motifs is 1. The molecule has 0 unspecified atom stereocenters. The van der Waals surface area contributed by atoms with Gasteiger partial charge in [-0.1, -0.05) is 20.8 Å². The van der Waals surface area contributed by atoms with Gasteiger partial charge in [0.25, 0.3) is 5.91 Å². The second kappa shape index (κ2) is 5.95. The number of hydrogen-bond donors (Lipinski definition) is 0. The largest absolute Gasteiger partial charge is 0.371 e. The normalized spacial score (nSPS) is 12.9. The van der Waals surface area contributed by atoms with E-state index >= 15 is 0 Å². The van der Waals surface area contributed by atoms with Crippen molar-refractivity contribution < 1.29 is 4.79 Å². The molecule has 0 atom stereocenters. The van der Waals surface area contributed by atoms with Crippen LogP contribution in [0, 0.1) is 0 Å². The summed E-state index contributed by atoms with van der Waals surface area (Å²) in [5.41, 5.74) is 3.69. The highest BCUT2D eigenvalue weighted by Gasteiger charge is 2.24. The van der Waals surface area contributed by atoms with E-state index in [1.807, 2.05) is 6.07 Å². The lowest BCUT2D eigenvalue weighted by atomic mass is 10.00. The number of benzene rings is 1. The Morgan fingerprint density at radius 2 is 1.74 bits per heavy atom. The van der Waals surface area contributed by atoms with Gasteiger partial charge in [-0.15, -0.1) is 10.2 Å². The first-order valence-electron chi connectivity index (χ1n) is 7.09. The third-order valence-electron chi connectivity index (χ3n) is 3.41. The zero-order valence-electron chi connectivity index (χ0n) is 11.9. The second-order valence-corrected chi connectivity index (χ2v) is 4.80. The molecule has 1 amide bonds. The average Bonchev–Trinajstić information content (AvgIpc) is 2.79. The Morgan fingerprint density at radius 3 is 2.32 bits per heavy atom. The van der Waals surface area contributed by atoms with Crippen LogP contribution in [0.1, 0.15) is 49.5 Å². The van der Waals surface area contributed by atoms with Gasteiger partial charge in [0.2, 0.25) is 0 Å². The number of carbonyl (C=O) groups excluding carboxylic acids is 1. The van der Waals surface area contributed by atoms with Gasteiger partial charge in [0.05, 0.1) is 11.3 Å². The van der Waals surface area contributed by atoms with Gasteiger partial charge in [-0.25, -0.2) is 0 Å². The van der Waals surface area contributed by atoms with E-state index in [1.165, 1.54) is 5.69 Å². The fraction of sp³-hybridized carbons (Fsp3) is 0.533. The summed E-state index contributed by atoms with van der Waals surface area (Å²) in [5.74, 6) is -0.193. The van der Waals surface area contributed by atoms with Crippen LogP contribution in [0.15, 0.2) is 22.4 Å². The van der Waals surface area contributed by atoms with Crippen LogP contribution in [-0.4, -0.2) is 19.0 Å². The number of anilines is 1. The van der Waals surface area contributed by atoms with Crippen LogP contribution in [0.2, 0.25) is 0 Å². The molecule has 1 heterocycles. The highest BCUT2D eigenvalue weighted by Crippen LogP contribution is 2.36. The highest BCUT2D eigenvalue weighted by molar-refractivity contribution is 6.04. The second-order valence-electron chi connectivity index (χ2n) is 4.80. The molecule has 0 N–H and O–H groups in total. The van der Waals surface area contributed by atoms with Crippen LogP contribution in [0.5, 0.6) is 0 Å². The summed E-state index contributed by atoms with van der Waals surface area (Å²) in [6.07, 6.45) is 3.03. The molecule has 0 saturated carbocycles. The molecule has 0 spiro atoms. The molecule has 102 valence electrons. The minimum absolute atomic E-state index is 0.193. The van der Waals surface area contributed by atoms with Crippen molar-refractivity contribution in [3.8, 4) is 0 Å². The van der Waals surface area contributed by atoms with E-state index in [0.29, 0.717) is 5.56 Å². The minimum Gasteiger partial charge on any atom is -0.371 e. The van der Waals surface area contributed by atoms with E-state index in [0.717, 1.165) is 43.6 Å². The molecule has 4 nitrogen and oxygen atoms in total. The Balaban J connectivity index is 2.46. The standard InChI is InChI=1S/C15H21N3O/c1-4-9-18(10-5-2)13-8-7-12-14(11(13)6-3)15(19)17-16-12/h7-8H,4-6,9-10H2,1-3H3. The van der Waals surface area contributed by atoms with Crippen LogP contribution in [0.3, 0.4) is 0 Å². The van der Waals surface area contributed by atoms with Gasteiger partial charge in [-0.2, -0.15) is 0 Å². The zero-order valence-corrected chi connectivity index (χ0v) is 11.9. The fourth-order valence-electron chi connectivity index (χ4n) is 2.64. The van der Waals surface area contributed by atoms with E-state index in [4.69, 9.17) is 0 Å². The van der Waals surface area contributed by atoms with Gasteiger partial charge in [0, 0.05) is 18.8 Å². The monoisotopic (exact) mass is 259 g/mol. The molecule has 0 saturated heterocycles. The van der Waals surface area contributed by atoms with E-state index < -0.39 is 0 Å². The van der Waals surface area contributed by atoms with Crippen molar-refractivity contribution in [1.82, 2.24) is 0 Å². The Hall–Kier alpha value is -1.71. The molecule has 0 radical (unpaired) electrons. The molecule has 1 aromatic rings. The zero-order chi connectivity index (χ0) is 13.8. The van der Waals surface area contributed by atoms with Gasteiger partial charge < -0.3 is 4.90 Å². The predicted octanol–water partition coefficient (Wildman–Crippen LogP) is 4.11. The van der Waals surface area contributed by atoms with Crippen LogP contribution >= 0.6 is 0 Å². The van der Waals surface area contributed by atoms with Crippen molar-refractivity contribution in [2.45, 2.75) is 40.0 Å². The molecule has 2 rings (SSSR count). The van der Waals surface area contributed by atoms with Crippen LogP contribution in [0.4, 0.5) is 11.4 Å². The quantitative estimate of drug-likeness (QED) is 0.771. The Bertz CT molecular complexity index is 502. The topological polar surface area (TPSA) is 45.0 Å². The number of carbonyl (C=O) groups is 1. The maximum Gasteiger partial charge on any atom is 0.298 e. The third kappa shape index (κ3) is 2.53. The van der Waals surface area contributed by atoms with Crippen LogP contribution < -0.4 is 4.90 Å². The molecule has 1 aliphatic rings. The molecule has 0 aliphatic carbocycles. The first kappa shape index (κ1) is 13.7. The van der Waals surface area contributed by atoms with Gasteiger partial charge >= 0.3 is 0 Å². The van der Waals surface area contributed by atoms with Gasteiger partial charge in [-0.3, -0.25) is 4.79 Å². The number of rotatable bonds is 6. The Labute approximate surface area is 114 Å². The van der Waals surface area contributed by atoms with Crippen molar-refractivity contribution in [3.05, 3.63) is 23.3 Å².